The fourth-order valence-corrected chi connectivity index (χ4v) is 3.15. The number of anilines is 2. The molecule has 2 aromatic carbocycles. The Hall–Kier alpha value is -3.14. The van der Waals surface area contributed by atoms with E-state index in [-0.39, 0.29) is 11.3 Å². The zero-order valence-corrected chi connectivity index (χ0v) is 16.9. The predicted molar refractivity (Wildman–Crippen MR) is 116 cm³/mol. The zero-order valence-electron chi connectivity index (χ0n) is 16.9. The normalized spacial score (nSPS) is 11.1. The second-order valence-electron chi connectivity index (χ2n) is 8.02. The van der Waals surface area contributed by atoms with Crippen molar-refractivity contribution in [1.82, 2.24) is 4.98 Å². The number of rotatable bonds is 5. The molecule has 3 aromatic rings. The van der Waals surface area contributed by atoms with E-state index in [1.165, 1.54) is 5.56 Å². The molecule has 1 amide bonds. The quantitative estimate of drug-likeness (QED) is 0.663. The maximum atomic E-state index is 12.9. The summed E-state index contributed by atoms with van der Waals surface area (Å²) in [7, 11) is 2.00. The SMILES string of the molecule is CN(Cc1ccccc1)c1cncc(C(=O)Nc2ccccc2C(C)(C)C)c1. The van der Waals surface area contributed by atoms with Gasteiger partial charge in [-0.05, 0) is 28.7 Å². The molecule has 0 saturated carbocycles. The standard InChI is InChI=1S/C24H27N3O/c1-24(2,3)21-12-8-9-13-22(21)26-23(28)19-14-20(16-25-15-19)27(4)17-18-10-6-5-7-11-18/h5-16H,17H2,1-4H3,(H,26,28). The van der Waals surface area contributed by atoms with Gasteiger partial charge in [0, 0.05) is 25.5 Å². The van der Waals surface area contributed by atoms with E-state index in [1.54, 1.807) is 12.4 Å². The van der Waals surface area contributed by atoms with Gasteiger partial charge in [0.05, 0.1) is 17.4 Å². The van der Waals surface area contributed by atoms with Gasteiger partial charge in [-0.15, -0.1) is 0 Å². The molecule has 4 nitrogen and oxygen atoms in total. The zero-order chi connectivity index (χ0) is 20.1. The summed E-state index contributed by atoms with van der Waals surface area (Å²) in [6.45, 7) is 7.16. The van der Waals surface area contributed by atoms with Gasteiger partial charge in [0.25, 0.3) is 5.91 Å². The number of aromatic nitrogens is 1. The van der Waals surface area contributed by atoms with E-state index in [4.69, 9.17) is 0 Å². The number of pyridine rings is 1. The van der Waals surface area contributed by atoms with E-state index < -0.39 is 0 Å². The lowest BCUT2D eigenvalue weighted by Gasteiger charge is -2.23. The summed E-state index contributed by atoms with van der Waals surface area (Å²) in [5.74, 6) is -0.154. The largest absolute Gasteiger partial charge is 0.369 e. The monoisotopic (exact) mass is 373 g/mol. The van der Waals surface area contributed by atoms with Gasteiger partial charge in [0.15, 0.2) is 0 Å². The lowest BCUT2D eigenvalue weighted by atomic mass is 9.86. The Kier molecular flexibility index (Phi) is 5.78. The summed E-state index contributed by atoms with van der Waals surface area (Å²) in [6, 6.07) is 20.0. The number of hydrogen-bond donors (Lipinski definition) is 1. The summed E-state index contributed by atoms with van der Waals surface area (Å²) in [5.41, 5.74) is 4.54. The topological polar surface area (TPSA) is 45.2 Å². The van der Waals surface area contributed by atoms with Gasteiger partial charge in [-0.1, -0.05) is 69.3 Å². The van der Waals surface area contributed by atoms with Crippen molar-refractivity contribution in [2.45, 2.75) is 32.7 Å². The lowest BCUT2D eigenvalue weighted by Crippen LogP contribution is -2.20. The van der Waals surface area contributed by atoms with Crippen LogP contribution < -0.4 is 10.2 Å². The van der Waals surface area contributed by atoms with E-state index in [9.17, 15) is 4.79 Å². The Morgan fingerprint density at radius 3 is 2.39 bits per heavy atom. The molecule has 0 radical (unpaired) electrons. The van der Waals surface area contributed by atoms with Crippen LogP contribution in [0, 0.1) is 0 Å². The molecule has 0 aliphatic heterocycles. The summed E-state index contributed by atoms with van der Waals surface area (Å²) >= 11 is 0. The summed E-state index contributed by atoms with van der Waals surface area (Å²) < 4.78 is 0. The van der Waals surface area contributed by atoms with E-state index in [0.717, 1.165) is 23.5 Å². The molecule has 3 rings (SSSR count). The molecule has 0 atom stereocenters. The van der Waals surface area contributed by atoms with Crippen molar-refractivity contribution in [1.29, 1.82) is 0 Å². The highest BCUT2D eigenvalue weighted by Gasteiger charge is 2.19. The van der Waals surface area contributed by atoms with Crippen LogP contribution in [0.2, 0.25) is 0 Å². The minimum absolute atomic E-state index is 0.0557. The molecule has 144 valence electrons. The van der Waals surface area contributed by atoms with E-state index in [2.05, 4.69) is 54.2 Å². The first-order valence-electron chi connectivity index (χ1n) is 9.45. The van der Waals surface area contributed by atoms with Crippen LogP contribution in [0.4, 0.5) is 11.4 Å². The van der Waals surface area contributed by atoms with Gasteiger partial charge in [-0.25, -0.2) is 0 Å². The van der Waals surface area contributed by atoms with Crippen molar-refractivity contribution in [2.75, 3.05) is 17.3 Å². The number of carbonyl (C=O) groups is 1. The van der Waals surface area contributed by atoms with Crippen molar-refractivity contribution in [2.24, 2.45) is 0 Å². The Morgan fingerprint density at radius 2 is 1.68 bits per heavy atom. The second kappa shape index (κ2) is 8.26. The molecule has 0 unspecified atom stereocenters. The van der Waals surface area contributed by atoms with Gasteiger partial charge in [0.1, 0.15) is 0 Å². The average molecular weight is 374 g/mol. The number of benzene rings is 2. The van der Waals surface area contributed by atoms with Crippen LogP contribution >= 0.6 is 0 Å². The molecule has 0 aliphatic rings. The highest BCUT2D eigenvalue weighted by atomic mass is 16.1. The molecule has 1 aromatic heterocycles. The fraction of sp³-hybridized carbons (Fsp3) is 0.250. The van der Waals surface area contributed by atoms with E-state index in [0.29, 0.717) is 5.56 Å². The van der Waals surface area contributed by atoms with Crippen molar-refractivity contribution in [3.05, 3.63) is 89.7 Å². The molecule has 0 aliphatic carbocycles. The summed E-state index contributed by atoms with van der Waals surface area (Å²) in [6.07, 6.45) is 3.39. The maximum Gasteiger partial charge on any atom is 0.257 e. The molecule has 28 heavy (non-hydrogen) atoms. The highest BCUT2D eigenvalue weighted by Crippen LogP contribution is 2.29. The maximum absolute atomic E-state index is 12.9. The third-order valence-electron chi connectivity index (χ3n) is 4.67. The van der Waals surface area contributed by atoms with E-state index >= 15 is 0 Å². The van der Waals surface area contributed by atoms with Gasteiger partial charge in [-0.2, -0.15) is 0 Å². The predicted octanol–water partition coefficient (Wildman–Crippen LogP) is 5.27. The van der Waals surface area contributed by atoms with Gasteiger partial charge >= 0.3 is 0 Å². The number of nitrogens with zero attached hydrogens (tertiary/aromatic N) is 2. The van der Waals surface area contributed by atoms with Crippen LogP contribution in [0.5, 0.6) is 0 Å². The van der Waals surface area contributed by atoms with Crippen molar-refractivity contribution < 1.29 is 4.79 Å². The summed E-state index contributed by atoms with van der Waals surface area (Å²) in [5, 5.41) is 3.05. The van der Waals surface area contributed by atoms with Crippen LogP contribution in [0.3, 0.4) is 0 Å². The molecule has 4 heteroatoms. The number of amides is 1. The van der Waals surface area contributed by atoms with Gasteiger partial charge in [0.2, 0.25) is 0 Å². The first-order valence-corrected chi connectivity index (χ1v) is 9.45. The number of carbonyl (C=O) groups excluding carboxylic acids is 1. The van der Waals surface area contributed by atoms with Crippen molar-refractivity contribution >= 4 is 17.3 Å². The van der Waals surface area contributed by atoms with Gasteiger partial charge in [-0.3, -0.25) is 9.78 Å². The molecule has 1 heterocycles. The van der Waals surface area contributed by atoms with E-state index in [1.807, 2.05) is 49.5 Å². The van der Waals surface area contributed by atoms with Crippen molar-refractivity contribution in [3.8, 4) is 0 Å². The first kappa shape index (κ1) is 19.6. The molecule has 1 N–H and O–H groups in total. The second-order valence-corrected chi connectivity index (χ2v) is 8.02. The molecule has 0 saturated heterocycles. The highest BCUT2D eigenvalue weighted by molar-refractivity contribution is 6.05. The molecule has 0 bridgehead atoms. The Bertz CT molecular complexity index is 945. The van der Waals surface area contributed by atoms with Crippen molar-refractivity contribution in [3.63, 3.8) is 0 Å². The number of para-hydroxylation sites is 1. The fourth-order valence-electron chi connectivity index (χ4n) is 3.15. The molecular formula is C24H27N3O. The first-order chi connectivity index (χ1) is 13.3. The molecule has 0 fully saturated rings. The van der Waals surface area contributed by atoms with Crippen LogP contribution in [-0.2, 0) is 12.0 Å². The minimum atomic E-state index is -0.154. The number of hydrogen-bond acceptors (Lipinski definition) is 3. The third kappa shape index (κ3) is 4.77. The van der Waals surface area contributed by atoms with Crippen LogP contribution in [0.15, 0.2) is 73.1 Å². The Labute approximate surface area is 167 Å². The molecular weight excluding hydrogens is 346 g/mol. The van der Waals surface area contributed by atoms with Crippen LogP contribution in [0.1, 0.15) is 42.3 Å². The molecule has 0 spiro atoms. The Morgan fingerprint density at radius 1 is 1.00 bits per heavy atom. The summed E-state index contributed by atoms with van der Waals surface area (Å²) in [4.78, 5) is 19.2. The third-order valence-corrected chi connectivity index (χ3v) is 4.67. The minimum Gasteiger partial charge on any atom is -0.369 e. The smallest absolute Gasteiger partial charge is 0.257 e. The van der Waals surface area contributed by atoms with Crippen LogP contribution in [0.25, 0.3) is 0 Å². The van der Waals surface area contributed by atoms with Gasteiger partial charge < -0.3 is 10.2 Å². The Balaban J connectivity index is 1.78. The average Bonchev–Trinajstić information content (AvgIpc) is 2.68. The number of nitrogens with one attached hydrogen (secondary N) is 1. The van der Waals surface area contributed by atoms with Crippen LogP contribution in [-0.4, -0.2) is 17.9 Å². The lowest BCUT2D eigenvalue weighted by molar-refractivity contribution is 0.102.